The Hall–Kier alpha value is -3.13. The number of ether oxygens (including phenoxy) is 4. The van der Waals surface area contributed by atoms with Crippen LogP contribution in [0.2, 0.25) is 0 Å². The molecule has 8 nitrogen and oxygen atoms in total. The average molecular weight is 431 g/mol. The standard InChI is InChI=1S/C23H34N4O4/c1-24-23(25-14-16-8-10-19(28-4)21(12-16)30-6)26-15-18(27(2)3)17-9-11-20(29-5)22(13-17)31-7/h8-13,18H,14-15H2,1-7H3,(H2,24,25,26). The van der Waals surface area contributed by atoms with Gasteiger partial charge >= 0.3 is 0 Å². The van der Waals surface area contributed by atoms with Crippen LogP contribution in [0.1, 0.15) is 17.2 Å². The Balaban J connectivity index is 2.04. The number of hydrogen-bond acceptors (Lipinski definition) is 6. The van der Waals surface area contributed by atoms with Crippen LogP contribution in [0.3, 0.4) is 0 Å². The Morgan fingerprint density at radius 3 is 1.97 bits per heavy atom. The molecule has 0 radical (unpaired) electrons. The fraction of sp³-hybridized carbons (Fsp3) is 0.435. The summed E-state index contributed by atoms with van der Waals surface area (Å²) < 4.78 is 21.5. The predicted molar refractivity (Wildman–Crippen MR) is 124 cm³/mol. The lowest BCUT2D eigenvalue weighted by Gasteiger charge is -2.26. The molecule has 0 aliphatic heterocycles. The molecule has 1 unspecified atom stereocenters. The summed E-state index contributed by atoms with van der Waals surface area (Å²) in [6.45, 7) is 1.26. The van der Waals surface area contributed by atoms with Crippen LogP contribution in [-0.2, 0) is 6.54 Å². The molecule has 0 heterocycles. The van der Waals surface area contributed by atoms with Gasteiger partial charge in [-0.15, -0.1) is 0 Å². The number of guanidine groups is 1. The third-order valence-electron chi connectivity index (χ3n) is 5.01. The lowest BCUT2D eigenvalue weighted by molar-refractivity contribution is 0.295. The van der Waals surface area contributed by atoms with Crippen LogP contribution < -0.4 is 29.6 Å². The molecule has 2 aromatic carbocycles. The quantitative estimate of drug-likeness (QED) is 0.443. The summed E-state index contributed by atoms with van der Waals surface area (Å²) in [4.78, 5) is 6.49. The number of aliphatic imine (C=N–C) groups is 1. The van der Waals surface area contributed by atoms with Gasteiger partial charge < -0.3 is 34.5 Å². The number of benzene rings is 2. The minimum absolute atomic E-state index is 0.111. The van der Waals surface area contributed by atoms with Crippen molar-refractivity contribution in [3.63, 3.8) is 0 Å². The number of nitrogens with zero attached hydrogens (tertiary/aromatic N) is 2. The maximum atomic E-state index is 5.46. The van der Waals surface area contributed by atoms with Gasteiger partial charge in [0.15, 0.2) is 29.0 Å². The zero-order valence-electron chi connectivity index (χ0n) is 19.5. The number of rotatable bonds is 10. The molecule has 2 N–H and O–H groups in total. The molecule has 0 bridgehead atoms. The first-order valence-electron chi connectivity index (χ1n) is 10.0. The van der Waals surface area contributed by atoms with Crippen LogP contribution in [0.15, 0.2) is 41.4 Å². The fourth-order valence-electron chi connectivity index (χ4n) is 3.25. The molecule has 2 aromatic rings. The van der Waals surface area contributed by atoms with E-state index in [2.05, 4.69) is 20.5 Å². The predicted octanol–water partition coefficient (Wildman–Crippen LogP) is 2.69. The van der Waals surface area contributed by atoms with Crippen LogP contribution in [0.4, 0.5) is 0 Å². The Morgan fingerprint density at radius 2 is 1.42 bits per heavy atom. The van der Waals surface area contributed by atoms with E-state index in [4.69, 9.17) is 18.9 Å². The van der Waals surface area contributed by atoms with Crippen molar-refractivity contribution in [1.82, 2.24) is 15.5 Å². The zero-order valence-corrected chi connectivity index (χ0v) is 19.5. The summed E-state index contributed by atoms with van der Waals surface area (Å²) in [5, 5.41) is 6.75. The van der Waals surface area contributed by atoms with Gasteiger partial charge in [0, 0.05) is 20.1 Å². The fourth-order valence-corrected chi connectivity index (χ4v) is 3.25. The van der Waals surface area contributed by atoms with Gasteiger partial charge in [-0.25, -0.2) is 0 Å². The van der Waals surface area contributed by atoms with Gasteiger partial charge in [0.2, 0.25) is 0 Å². The van der Waals surface area contributed by atoms with Gasteiger partial charge in [-0.3, -0.25) is 4.99 Å². The van der Waals surface area contributed by atoms with Crippen molar-refractivity contribution in [2.45, 2.75) is 12.6 Å². The number of hydrogen-bond donors (Lipinski definition) is 2. The van der Waals surface area contributed by atoms with E-state index in [0.29, 0.717) is 42.0 Å². The summed E-state index contributed by atoms with van der Waals surface area (Å²) in [6.07, 6.45) is 0. The minimum atomic E-state index is 0.111. The van der Waals surface area contributed by atoms with Crippen molar-refractivity contribution >= 4 is 5.96 Å². The second-order valence-corrected chi connectivity index (χ2v) is 7.09. The summed E-state index contributed by atoms with van der Waals surface area (Å²) in [5.41, 5.74) is 2.18. The van der Waals surface area contributed by atoms with E-state index in [1.807, 2.05) is 50.5 Å². The highest BCUT2D eigenvalue weighted by atomic mass is 16.5. The lowest BCUT2D eigenvalue weighted by Crippen LogP contribution is -2.41. The van der Waals surface area contributed by atoms with Gasteiger partial charge in [0.25, 0.3) is 0 Å². The second kappa shape index (κ2) is 11.9. The lowest BCUT2D eigenvalue weighted by atomic mass is 10.1. The number of nitrogens with one attached hydrogen (secondary N) is 2. The van der Waals surface area contributed by atoms with Crippen molar-refractivity contribution in [2.75, 3.05) is 56.1 Å². The van der Waals surface area contributed by atoms with E-state index in [0.717, 1.165) is 11.1 Å². The highest BCUT2D eigenvalue weighted by molar-refractivity contribution is 5.79. The maximum absolute atomic E-state index is 5.46. The van der Waals surface area contributed by atoms with Gasteiger partial charge in [0.1, 0.15) is 0 Å². The Bertz CT molecular complexity index is 871. The van der Waals surface area contributed by atoms with E-state index in [1.54, 1.807) is 35.5 Å². The largest absolute Gasteiger partial charge is 0.493 e. The second-order valence-electron chi connectivity index (χ2n) is 7.09. The van der Waals surface area contributed by atoms with Gasteiger partial charge in [-0.2, -0.15) is 0 Å². The molecule has 0 aromatic heterocycles. The van der Waals surface area contributed by atoms with Crippen LogP contribution in [0.25, 0.3) is 0 Å². The third kappa shape index (κ3) is 6.42. The molecule has 0 fully saturated rings. The maximum Gasteiger partial charge on any atom is 0.191 e. The van der Waals surface area contributed by atoms with Crippen molar-refractivity contribution in [3.8, 4) is 23.0 Å². The summed E-state index contributed by atoms with van der Waals surface area (Å²) in [6, 6.07) is 11.9. The van der Waals surface area contributed by atoms with Gasteiger partial charge in [-0.05, 0) is 49.5 Å². The van der Waals surface area contributed by atoms with Crippen molar-refractivity contribution in [3.05, 3.63) is 47.5 Å². The summed E-state index contributed by atoms with van der Waals surface area (Å²) >= 11 is 0. The highest BCUT2D eigenvalue weighted by Gasteiger charge is 2.17. The zero-order chi connectivity index (χ0) is 22.8. The SMILES string of the molecule is CN=C(NCc1ccc(OC)c(OC)c1)NCC(c1ccc(OC)c(OC)c1)N(C)C. The Morgan fingerprint density at radius 1 is 0.839 bits per heavy atom. The molecule has 0 saturated heterocycles. The third-order valence-corrected chi connectivity index (χ3v) is 5.01. The van der Waals surface area contributed by atoms with Crippen LogP contribution in [-0.4, -0.2) is 67.0 Å². The van der Waals surface area contributed by atoms with E-state index in [9.17, 15) is 0 Å². The normalized spacial score (nSPS) is 12.3. The van der Waals surface area contributed by atoms with Gasteiger partial charge in [-0.1, -0.05) is 12.1 Å². The molecular formula is C23H34N4O4. The number of likely N-dealkylation sites (N-methyl/N-ethyl adjacent to an activating group) is 1. The molecule has 31 heavy (non-hydrogen) atoms. The molecule has 170 valence electrons. The molecule has 2 rings (SSSR count). The van der Waals surface area contributed by atoms with E-state index >= 15 is 0 Å². The Kier molecular flexibility index (Phi) is 9.27. The van der Waals surface area contributed by atoms with Crippen LogP contribution in [0.5, 0.6) is 23.0 Å². The van der Waals surface area contributed by atoms with Crippen molar-refractivity contribution in [2.24, 2.45) is 4.99 Å². The minimum Gasteiger partial charge on any atom is -0.493 e. The smallest absolute Gasteiger partial charge is 0.191 e. The van der Waals surface area contributed by atoms with Crippen molar-refractivity contribution in [1.29, 1.82) is 0 Å². The molecule has 0 spiro atoms. The monoisotopic (exact) mass is 430 g/mol. The first-order valence-corrected chi connectivity index (χ1v) is 10.0. The van der Waals surface area contributed by atoms with Crippen molar-refractivity contribution < 1.29 is 18.9 Å². The molecule has 1 atom stereocenters. The van der Waals surface area contributed by atoms with E-state index in [-0.39, 0.29) is 6.04 Å². The molecule has 0 amide bonds. The topological polar surface area (TPSA) is 76.6 Å². The molecule has 0 aliphatic carbocycles. The molecule has 0 saturated carbocycles. The van der Waals surface area contributed by atoms with Crippen LogP contribution in [0, 0.1) is 0 Å². The highest BCUT2D eigenvalue weighted by Crippen LogP contribution is 2.31. The summed E-state index contributed by atoms with van der Waals surface area (Å²) in [7, 11) is 12.4. The first-order chi connectivity index (χ1) is 15.0. The molecule has 8 heteroatoms. The van der Waals surface area contributed by atoms with E-state index in [1.165, 1.54) is 0 Å². The molecule has 0 aliphatic rings. The first kappa shape index (κ1) is 24.1. The van der Waals surface area contributed by atoms with Gasteiger partial charge in [0.05, 0.1) is 34.5 Å². The number of methoxy groups -OCH3 is 4. The summed E-state index contributed by atoms with van der Waals surface area (Å²) in [5.74, 6) is 3.54. The van der Waals surface area contributed by atoms with E-state index < -0.39 is 0 Å². The average Bonchev–Trinajstić information content (AvgIpc) is 2.80. The molecular weight excluding hydrogens is 396 g/mol. The Labute approximate surface area is 185 Å². The van der Waals surface area contributed by atoms with Crippen LogP contribution >= 0.6 is 0 Å².